The number of hydrogen-bond acceptors (Lipinski definition) is 3. The van der Waals surface area contributed by atoms with Gasteiger partial charge in [0, 0.05) is 23.9 Å². The van der Waals surface area contributed by atoms with E-state index < -0.39 is 5.72 Å². The van der Waals surface area contributed by atoms with Gasteiger partial charge in [-0.15, -0.1) is 12.4 Å². The molecule has 5 heteroatoms. The lowest BCUT2D eigenvalue weighted by atomic mass is 9.95. The van der Waals surface area contributed by atoms with Crippen LogP contribution in [0.15, 0.2) is 79.0 Å². The number of carbonyl (C=O) groups excluding carboxylic acids is 1. The first-order valence-corrected chi connectivity index (χ1v) is 7.80. The van der Waals surface area contributed by atoms with E-state index in [2.05, 4.69) is 4.98 Å². The average molecular weight is 353 g/mol. The Morgan fingerprint density at radius 3 is 2.24 bits per heavy atom. The number of amides is 1. The lowest BCUT2D eigenvalue weighted by Crippen LogP contribution is -2.44. The normalized spacial score (nSPS) is 18.6. The van der Waals surface area contributed by atoms with Crippen LogP contribution >= 0.6 is 12.4 Å². The van der Waals surface area contributed by atoms with Crippen molar-refractivity contribution in [3.8, 4) is 0 Å². The Morgan fingerprint density at radius 2 is 1.56 bits per heavy atom. The van der Waals surface area contributed by atoms with Gasteiger partial charge in [-0.25, -0.2) is 0 Å². The highest BCUT2D eigenvalue weighted by Crippen LogP contribution is 2.42. The molecule has 0 aliphatic carbocycles. The Labute approximate surface area is 152 Å². The number of halogens is 1. The molecule has 1 aliphatic heterocycles. The van der Waals surface area contributed by atoms with E-state index >= 15 is 0 Å². The van der Waals surface area contributed by atoms with E-state index in [0.29, 0.717) is 23.4 Å². The fourth-order valence-electron chi connectivity index (χ4n) is 3.21. The largest absolute Gasteiger partial charge is 0.363 e. The van der Waals surface area contributed by atoms with Crippen LogP contribution in [0.4, 0.5) is 0 Å². The minimum absolute atomic E-state index is 0. The molecule has 1 unspecified atom stereocenters. The van der Waals surface area contributed by atoms with Crippen LogP contribution in [-0.2, 0) is 12.3 Å². The van der Waals surface area contributed by atoms with Crippen LogP contribution in [0.3, 0.4) is 0 Å². The summed E-state index contributed by atoms with van der Waals surface area (Å²) in [4.78, 5) is 18.6. The fourth-order valence-corrected chi connectivity index (χ4v) is 3.21. The summed E-state index contributed by atoms with van der Waals surface area (Å²) < 4.78 is 0. The molecule has 0 saturated heterocycles. The molecule has 1 atom stereocenters. The van der Waals surface area contributed by atoms with Gasteiger partial charge in [0.25, 0.3) is 5.91 Å². The minimum Gasteiger partial charge on any atom is -0.363 e. The second-order valence-corrected chi connectivity index (χ2v) is 5.81. The average Bonchev–Trinajstić information content (AvgIpc) is 2.87. The minimum atomic E-state index is -1.52. The molecule has 0 bridgehead atoms. The standard InChI is InChI=1S/C20H16N2O2.ClH/c23-19-18-17(12-7-13-21-18)20(24,16-10-5-2-6-11-16)22(19)14-15-8-3-1-4-9-15;/h1-13,24H,14H2;1H. The zero-order chi connectivity index (χ0) is 16.6. The van der Waals surface area contributed by atoms with E-state index in [-0.39, 0.29) is 18.3 Å². The maximum absolute atomic E-state index is 12.9. The smallest absolute Gasteiger partial charge is 0.276 e. The number of aliphatic hydroxyl groups is 1. The third-order valence-electron chi connectivity index (χ3n) is 4.38. The highest BCUT2D eigenvalue weighted by Gasteiger charge is 2.50. The maximum Gasteiger partial charge on any atom is 0.276 e. The number of pyridine rings is 1. The topological polar surface area (TPSA) is 53.4 Å². The zero-order valence-corrected chi connectivity index (χ0v) is 14.2. The van der Waals surface area contributed by atoms with E-state index in [1.807, 2.05) is 60.7 Å². The molecule has 4 nitrogen and oxygen atoms in total. The first-order chi connectivity index (χ1) is 11.7. The molecule has 1 aliphatic rings. The van der Waals surface area contributed by atoms with Gasteiger partial charge in [0.15, 0.2) is 5.72 Å². The molecule has 1 aromatic heterocycles. The molecule has 126 valence electrons. The number of hydrogen-bond donors (Lipinski definition) is 1. The Morgan fingerprint density at radius 1 is 0.920 bits per heavy atom. The van der Waals surface area contributed by atoms with Crippen LogP contribution < -0.4 is 0 Å². The Kier molecular flexibility index (Phi) is 4.57. The molecule has 0 spiro atoms. The third kappa shape index (κ3) is 2.69. The predicted octanol–water partition coefficient (Wildman–Crippen LogP) is 3.35. The summed E-state index contributed by atoms with van der Waals surface area (Å²) in [6.45, 7) is 0.307. The Bertz CT molecular complexity index is 886. The molecule has 4 rings (SSSR count). The van der Waals surface area contributed by atoms with Gasteiger partial charge in [-0.05, 0) is 17.7 Å². The van der Waals surface area contributed by atoms with Gasteiger partial charge in [-0.3, -0.25) is 14.7 Å². The van der Waals surface area contributed by atoms with Crippen LogP contribution in [0.5, 0.6) is 0 Å². The summed E-state index contributed by atoms with van der Waals surface area (Å²) in [6, 6.07) is 22.4. The highest BCUT2D eigenvalue weighted by molar-refractivity contribution is 5.98. The first kappa shape index (κ1) is 17.1. The first-order valence-electron chi connectivity index (χ1n) is 7.80. The van der Waals surface area contributed by atoms with Crippen molar-refractivity contribution in [3.63, 3.8) is 0 Å². The van der Waals surface area contributed by atoms with Crippen LogP contribution in [-0.4, -0.2) is 20.9 Å². The summed E-state index contributed by atoms with van der Waals surface area (Å²) in [5.74, 6) is -0.263. The van der Waals surface area contributed by atoms with E-state index in [4.69, 9.17) is 0 Å². The van der Waals surface area contributed by atoms with E-state index in [0.717, 1.165) is 5.56 Å². The molecule has 2 aromatic carbocycles. The second kappa shape index (κ2) is 6.67. The van der Waals surface area contributed by atoms with Gasteiger partial charge < -0.3 is 5.11 Å². The van der Waals surface area contributed by atoms with Crippen molar-refractivity contribution in [1.82, 2.24) is 9.88 Å². The fraction of sp³-hybridized carbons (Fsp3) is 0.100. The molecule has 3 aromatic rings. The van der Waals surface area contributed by atoms with Crippen LogP contribution in [0.2, 0.25) is 0 Å². The van der Waals surface area contributed by atoms with Crippen molar-refractivity contribution in [3.05, 3.63) is 101 Å². The van der Waals surface area contributed by atoms with Crippen molar-refractivity contribution >= 4 is 18.3 Å². The van der Waals surface area contributed by atoms with Crippen LogP contribution in [0, 0.1) is 0 Å². The summed E-state index contributed by atoms with van der Waals surface area (Å²) in [6.07, 6.45) is 1.58. The number of nitrogens with zero attached hydrogens (tertiary/aromatic N) is 2. The maximum atomic E-state index is 12.9. The van der Waals surface area contributed by atoms with Gasteiger partial charge >= 0.3 is 0 Å². The molecule has 25 heavy (non-hydrogen) atoms. The van der Waals surface area contributed by atoms with Crippen molar-refractivity contribution in [2.45, 2.75) is 12.3 Å². The van der Waals surface area contributed by atoms with E-state index in [1.54, 1.807) is 18.3 Å². The number of fused-ring (bicyclic) bond motifs is 1. The van der Waals surface area contributed by atoms with Crippen molar-refractivity contribution in [2.24, 2.45) is 0 Å². The second-order valence-electron chi connectivity index (χ2n) is 5.81. The summed E-state index contributed by atoms with van der Waals surface area (Å²) in [5, 5.41) is 11.6. The van der Waals surface area contributed by atoms with E-state index in [1.165, 1.54) is 4.90 Å². The Hall–Kier alpha value is -2.69. The lowest BCUT2D eigenvalue weighted by Gasteiger charge is -2.34. The number of benzene rings is 2. The number of rotatable bonds is 3. The molecular weight excluding hydrogens is 336 g/mol. The van der Waals surface area contributed by atoms with Crippen molar-refractivity contribution < 1.29 is 9.90 Å². The summed E-state index contributed by atoms with van der Waals surface area (Å²) in [5.41, 5.74) is 0.920. The monoisotopic (exact) mass is 352 g/mol. The number of aromatic nitrogens is 1. The number of carbonyl (C=O) groups is 1. The molecule has 1 amide bonds. The SMILES string of the molecule is Cl.O=C1c2ncccc2C(O)(c2ccccc2)N1Cc1ccccc1. The third-order valence-corrected chi connectivity index (χ3v) is 4.38. The molecule has 2 heterocycles. The van der Waals surface area contributed by atoms with Gasteiger partial charge in [-0.1, -0.05) is 60.7 Å². The molecule has 1 N–H and O–H groups in total. The highest BCUT2D eigenvalue weighted by atomic mass is 35.5. The molecule has 0 radical (unpaired) electrons. The zero-order valence-electron chi connectivity index (χ0n) is 13.4. The predicted molar refractivity (Wildman–Crippen MR) is 97.2 cm³/mol. The molecular formula is C20H17ClN2O2. The van der Waals surface area contributed by atoms with Crippen molar-refractivity contribution in [2.75, 3.05) is 0 Å². The van der Waals surface area contributed by atoms with Gasteiger partial charge in [0.2, 0.25) is 0 Å². The summed E-state index contributed by atoms with van der Waals surface area (Å²) >= 11 is 0. The molecule has 0 fully saturated rings. The van der Waals surface area contributed by atoms with Crippen molar-refractivity contribution in [1.29, 1.82) is 0 Å². The van der Waals surface area contributed by atoms with Crippen LogP contribution in [0.25, 0.3) is 0 Å². The van der Waals surface area contributed by atoms with E-state index in [9.17, 15) is 9.90 Å². The molecule has 0 saturated carbocycles. The van der Waals surface area contributed by atoms with Gasteiger partial charge in [-0.2, -0.15) is 0 Å². The summed E-state index contributed by atoms with van der Waals surface area (Å²) in [7, 11) is 0. The van der Waals surface area contributed by atoms with Crippen LogP contribution in [0.1, 0.15) is 27.2 Å². The van der Waals surface area contributed by atoms with Gasteiger partial charge in [0.05, 0.1) is 0 Å². The quantitative estimate of drug-likeness (QED) is 0.786. The van der Waals surface area contributed by atoms with Gasteiger partial charge in [0.1, 0.15) is 5.69 Å². The Balaban J connectivity index is 0.00000182. The lowest BCUT2D eigenvalue weighted by molar-refractivity contribution is -0.0542.